The van der Waals surface area contributed by atoms with Gasteiger partial charge in [-0.15, -0.1) is 0 Å². The molecule has 0 fully saturated rings. The summed E-state index contributed by atoms with van der Waals surface area (Å²) in [5, 5.41) is 23.9. The Labute approximate surface area is 157 Å². The van der Waals surface area contributed by atoms with Crippen molar-refractivity contribution in [2.75, 3.05) is 19.0 Å². The molecule has 0 saturated heterocycles. The summed E-state index contributed by atoms with van der Waals surface area (Å²) in [6.07, 6.45) is 0.109. The lowest BCUT2D eigenvalue weighted by Gasteiger charge is -2.15. The van der Waals surface area contributed by atoms with Crippen molar-refractivity contribution in [3.05, 3.63) is 54.0 Å². The topological polar surface area (TPSA) is 78.2 Å². The minimum Gasteiger partial charge on any atom is -0.497 e. The Kier molecular flexibility index (Phi) is 5.53. The van der Waals surface area contributed by atoms with Crippen LogP contribution in [0.4, 0.5) is 10.2 Å². The van der Waals surface area contributed by atoms with Crippen LogP contribution in [0, 0.1) is 17.1 Å². The Morgan fingerprint density at radius 1 is 1.26 bits per heavy atom. The summed E-state index contributed by atoms with van der Waals surface area (Å²) < 4.78 is 19.1. The van der Waals surface area contributed by atoms with Gasteiger partial charge in [-0.2, -0.15) is 5.26 Å². The Hall–Kier alpha value is -3.17. The largest absolute Gasteiger partial charge is 0.497 e. The van der Waals surface area contributed by atoms with Crippen molar-refractivity contribution in [2.24, 2.45) is 0 Å². The predicted molar refractivity (Wildman–Crippen MR) is 103 cm³/mol. The molecule has 6 heteroatoms. The molecule has 3 aromatic rings. The number of fused-ring (bicyclic) bond motifs is 1. The molecule has 0 saturated carbocycles. The number of benzene rings is 2. The maximum absolute atomic E-state index is 13.8. The molecule has 0 aliphatic carbocycles. The number of halogens is 1. The van der Waals surface area contributed by atoms with Gasteiger partial charge in [0.25, 0.3) is 0 Å². The van der Waals surface area contributed by atoms with E-state index in [0.29, 0.717) is 35.7 Å². The van der Waals surface area contributed by atoms with E-state index in [1.807, 2.05) is 18.2 Å². The Morgan fingerprint density at radius 3 is 2.74 bits per heavy atom. The quantitative estimate of drug-likeness (QED) is 0.687. The molecule has 0 spiro atoms. The van der Waals surface area contributed by atoms with Gasteiger partial charge in [0.1, 0.15) is 23.5 Å². The number of nitriles is 1. The molecule has 0 radical (unpaired) electrons. The van der Waals surface area contributed by atoms with Crippen LogP contribution in [0.2, 0.25) is 0 Å². The van der Waals surface area contributed by atoms with E-state index in [-0.39, 0.29) is 11.5 Å². The van der Waals surface area contributed by atoms with E-state index in [1.54, 1.807) is 26.2 Å². The van der Waals surface area contributed by atoms with Gasteiger partial charge in [0.2, 0.25) is 0 Å². The van der Waals surface area contributed by atoms with E-state index < -0.39 is 6.10 Å². The van der Waals surface area contributed by atoms with E-state index >= 15 is 0 Å². The average molecular weight is 365 g/mol. The first kappa shape index (κ1) is 18.6. The summed E-state index contributed by atoms with van der Waals surface area (Å²) in [5.74, 6) is 0.793. The number of pyridine rings is 1. The van der Waals surface area contributed by atoms with Crippen molar-refractivity contribution in [2.45, 2.75) is 19.4 Å². The second-order valence-electron chi connectivity index (χ2n) is 6.28. The molecule has 0 aliphatic rings. The molecule has 138 valence electrons. The van der Waals surface area contributed by atoms with E-state index in [2.05, 4.69) is 16.4 Å². The molecule has 0 amide bonds. The fourth-order valence-electron chi connectivity index (χ4n) is 2.97. The SMILES string of the molecule is COc1ccc2c(NCC[C@H](C)O)nc(C#N)c(-c3cccc(F)c3)c2c1. The van der Waals surface area contributed by atoms with Crippen LogP contribution in [0.3, 0.4) is 0 Å². The van der Waals surface area contributed by atoms with Crippen molar-refractivity contribution < 1.29 is 14.2 Å². The van der Waals surface area contributed by atoms with Gasteiger partial charge in [0.05, 0.1) is 13.2 Å². The second kappa shape index (κ2) is 8.02. The van der Waals surface area contributed by atoms with Crippen LogP contribution in [0.1, 0.15) is 19.0 Å². The molecule has 0 aliphatic heterocycles. The number of methoxy groups -OCH3 is 1. The van der Waals surface area contributed by atoms with Crippen molar-refractivity contribution in [3.8, 4) is 22.9 Å². The third-order valence-corrected chi connectivity index (χ3v) is 4.29. The van der Waals surface area contributed by atoms with Gasteiger partial charge in [-0.3, -0.25) is 0 Å². The Morgan fingerprint density at radius 2 is 2.07 bits per heavy atom. The van der Waals surface area contributed by atoms with Gasteiger partial charge >= 0.3 is 0 Å². The molecule has 1 heterocycles. The third kappa shape index (κ3) is 3.99. The van der Waals surface area contributed by atoms with Crippen LogP contribution in [-0.2, 0) is 0 Å². The van der Waals surface area contributed by atoms with Crippen LogP contribution >= 0.6 is 0 Å². The number of ether oxygens (including phenoxy) is 1. The van der Waals surface area contributed by atoms with Crippen LogP contribution in [0.25, 0.3) is 21.9 Å². The molecule has 1 atom stereocenters. The minimum atomic E-state index is -0.439. The molecule has 2 N–H and O–H groups in total. The monoisotopic (exact) mass is 365 g/mol. The maximum Gasteiger partial charge on any atom is 0.151 e. The number of anilines is 1. The lowest BCUT2D eigenvalue weighted by atomic mass is 9.96. The van der Waals surface area contributed by atoms with Crippen molar-refractivity contribution in [3.63, 3.8) is 0 Å². The summed E-state index contributed by atoms with van der Waals surface area (Å²) >= 11 is 0. The highest BCUT2D eigenvalue weighted by molar-refractivity contribution is 6.04. The lowest BCUT2D eigenvalue weighted by Crippen LogP contribution is -2.11. The van der Waals surface area contributed by atoms with Crippen molar-refractivity contribution in [1.82, 2.24) is 4.98 Å². The van der Waals surface area contributed by atoms with Gasteiger partial charge in [-0.25, -0.2) is 9.37 Å². The fourth-order valence-corrected chi connectivity index (χ4v) is 2.97. The maximum atomic E-state index is 13.8. The zero-order valence-electron chi connectivity index (χ0n) is 15.2. The smallest absolute Gasteiger partial charge is 0.151 e. The van der Waals surface area contributed by atoms with Crippen molar-refractivity contribution in [1.29, 1.82) is 5.26 Å². The molecular weight excluding hydrogens is 345 g/mol. The zero-order chi connectivity index (χ0) is 19.4. The number of aliphatic hydroxyl groups is 1. The van der Waals surface area contributed by atoms with Gasteiger partial charge in [-0.05, 0) is 54.6 Å². The molecule has 3 rings (SSSR count). The second-order valence-corrected chi connectivity index (χ2v) is 6.28. The summed E-state index contributed by atoms with van der Waals surface area (Å²) in [6.45, 7) is 2.22. The summed E-state index contributed by atoms with van der Waals surface area (Å²) in [4.78, 5) is 4.46. The number of hydrogen-bond acceptors (Lipinski definition) is 5. The van der Waals surface area contributed by atoms with Gasteiger partial charge < -0.3 is 15.2 Å². The summed E-state index contributed by atoms with van der Waals surface area (Å²) in [6, 6.07) is 13.7. The normalized spacial score (nSPS) is 11.8. The highest BCUT2D eigenvalue weighted by atomic mass is 19.1. The molecule has 0 bridgehead atoms. The van der Waals surface area contributed by atoms with Crippen LogP contribution in [0.5, 0.6) is 5.75 Å². The molecule has 1 aromatic heterocycles. The minimum absolute atomic E-state index is 0.195. The lowest BCUT2D eigenvalue weighted by molar-refractivity contribution is 0.188. The molecule has 27 heavy (non-hydrogen) atoms. The average Bonchev–Trinajstić information content (AvgIpc) is 2.66. The van der Waals surface area contributed by atoms with E-state index in [1.165, 1.54) is 12.1 Å². The Bertz CT molecular complexity index is 1010. The Balaban J connectivity index is 2.23. The highest BCUT2D eigenvalue weighted by Crippen LogP contribution is 2.36. The third-order valence-electron chi connectivity index (χ3n) is 4.29. The standard InChI is InChI=1S/C21H20FN3O2/c1-13(26)8-9-24-21-17-7-6-16(27-2)11-18(17)20(19(12-23)25-21)14-4-3-5-15(22)10-14/h3-7,10-11,13,26H,8-9H2,1-2H3,(H,24,25)/t13-/m0/s1. The highest BCUT2D eigenvalue weighted by Gasteiger charge is 2.17. The number of rotatable bonds is 6. The van der Waals surface area contributed by atoms with E-state index in [0.717, 1.165) is 10.8 Å². The molecular formula is C21H20FN3O2. The predicted octanol–water partition coefficient (Wildman–Crippen LogP) is 4.10. The van der Waals surface area contributed by atoms with Crippen molar-refractivity contribution >= 4 is 16.6 Å². The summed E-state index contributed by atoms with van der Waals surface area (Å²) in [7, 11) is 1.57. The summed E-state index contributed by atoms with van der Waals surface area (Å²) in [5.41, 5.74) is 1.33. The first-order chi connectivity index (χ1) is 13.0. The van der Waals surface area contributed by atoms with E-state index in [4.69, 9.17) is 4.74 Å². The molecule has 2 aromatic carbocycles. The number of nitrogens with zero attached hydrogens (tertiary/aromatic N) is 2. The number of hydrogen-bond donors (Lipinski definition) is 2. The fraction of sp³-hybridized carbons (Fsp3) is 0.238. The number of aromatic nitrogens is 1. The van der Waals surface area contributed by atoms with Crippen LogP contribution in [-0.4, -0.2) is 29.8 Å². The van der Waals surface area contributed by atoms with Gasteiger partial charge in [0, 0.05) is 17.5 Å². The first-order valence-electron chi connectivity index (χ1n) is 8.63. The first-order valence-corrected chi connectivity index (χ1v) is 8.63. The molecule has 0 unspecified atom stereocenters. The number of aliphatic hydroxyl groups excluding tert-OH is 1. The zero-order valence-corrected chi connectivity index (χ0v) is 15.2. The van der Waals surface area contributed by atoms with E-state index in [9.17, 15) is 14.8 Å². The van der Waals surface area contributed by atoms with Gasteiger partial charge in [0.15, 0.2) is 5.69 Å². The number of nitrogens with one attached hydrogen (secondary N) is 1. The van der Waals surface area contributed by atoms with Gasteiger partial charge in [-0.1, -0.05) is 12.1 Å². The van der Waals surface area contributed by atoms with Crippen LogP contribution in [0.15, 0.2) is 42.5 Å². The molecule has 5 nitrogen and oxygen atoms in total. The van der Waals surface area contributed by atoms with Crippen LogP contribution < -0.4 is 10.1 Å².